The molecule has 0 aliphatic carbocycles. The van der Waals surface area contributed by atoms with E-state index < -0.39 is 89.0 Å². The molecule has 2 bridgehead atoms. The number of allylic oxidation sites excluding steroid dienone is 4. The molecule has 0 aromatic heterocycles. The van der Waals surface area contributed by atoms with Crippen LogP contribution in [0, 0.1) is 53.3 Å². The van der Waals surface area contributed by atoms with Crippen molar-refractivity contribution in [3.8, 4) is 0 Å². The second kappa shape index (κ2) is 20.6. The van der Waals surface area contributed by atoms with Crippen LogP contribution in [0.3, 0.4) is 0 Å². The van der Waals surface area contributed by atoms with Gasteiger partial charge in [-0.05, 0) is 70.1 Å². The van der Waals surface area contributed by atoms with E-state index >= 15 is 0 Å². The van der Waals surface area contributed by atoms with Crippen LogP contribution in [0.4, 0.5) is 0 Å². The third-order valence-corrected chi connectivity index (χ3v) is 13.4. The van der Waals surface area contributed by atoms with Gasteiger partial charge in [-0.2, -0.15) is 0 Å². The summed E-state index contributed by atoms with van der Waals surface area (Å²) in [6.45, 7) is 19.1. The normalized spacial score (nSPS) is 46.8. The Morgan fingerprint density at radius 3 is 2.11 bits per heavy atom. The van der Waals surface area contributed by atoms with Crippen LogP contribution < -0.4 is 0 Å². The van der Waals surface area contributed by atoms with Gasteiger partial charge >= 0.3 is 5.97 Å². The first-order valence-corrected chi connectivity index (χ1v) is 21.2. The number of ketones is 2. The molecule has 3 heterocycles. The first-order chi connectivity index (χ1) is 26.1. The number of ether oxygens (including phenoxy) is 3. The zero-order chi connectivity index (χ0) is 42.3. The van der Waals surface area contributed by atoms with Gasteiger partial charge in [0.2, 0.25) is 0 Å². The fraction of sp³-hybridized carbons (Fsp3) is 0.800. The predicted octanol–water partition coefficient (Wildman–Crippen LogP) is 5.88. The van der Waals surface area contributed by atoms with Crippen molar-refractivity contribution in [2.75, 3.05) is 0 Å². The summed E-state index contributed by atoms with van der Waals surface area (Å²) in [5, 5.41) is 55.0. The summed E-state index contributed by atoms with van der Waals surface area (Å²) in [6.07, 6.45) is 9.62. The van der Waals surface area contributed by atoms with Crippen LogP contribution >= 0.6 is 0 Å². The molecule has 56 heavy (non-hydrogen) atoms. The SMILES string of the molecule is CC[C@@H]1/C=C/C=C\C[C@H](C)[C@@H](O)[C@](C)(O)C(=O)[C@H](C)[C@@H](O)[C@H](C)C(=O)[C@H](C)[C@@H](O)[C@H](C)/C=C\C(=O)O[C@H]2[C@@H](C)[C@@H](CC1)O[C@@]1(CC[C@@H](C)[C@@H](C[C@H](C)O)O1)[C@@H]2C. The Bertz CT molecular complexity index is 1390. The highest BCUT2D eigenvalue weighted by molar-refractivity contribution is 5.91. The summed E-state index contributed by atoms with van der Waals surface area (Å²) in [4.78, 5) is 40.5. The number of fused-ring (bicyclic) bond motifs is 2. The molecule has 1 spiro atoms. The minimum absolute atomic E-state index is 0.168. The molecule has 11 heteroatoms. The largest absolute Gasteiger partial charge is 0.458 e. The van der Waals surface area contributed by atoms with E-state index in [0.29, 0.717) is 25.7 Å². The fourth-order valence-electron chi connectivity index (χ4n) is 9.01. The van der Waals surface area contributed by atoms with Crippen LogP contribution in [-0.4, -0.2) is 97.2 Å². The molecule has 0 aromatic rings. The lowest BCUT2D eigenvalue weighted by molar-refractivity contribution is -0.371. The van der Waals surface area contributed by atoms with Crippen molar-refractivity contribution in [3.63, 3.8) is 0 Å². The molecule has 0 amide bonds. The molecule has 2 saturated heterocycles. The minimum atomic E-state index is -2.18. The lowest BCUT2D eigenvalue weighted by atomic mass is 9.74. The van der Waals surface area contributed by atoms with Crippen LogP contribution in [0.1, 0.15) is 121 Å². The van der Waals surface area contributed by atoms with Gasteiger partial charge in [-0.1, -0.05) is 92.7 Å². The van der Waals surface area contributed by atoms with Crippen molar-refractivity contribution in [1.82, 2.24) is 0 Å². The molecular formula is C45H74O11. The maximum Gasteiger partial charge on any atom is 0.330 e. The topological polar surface area (TPSA) is 180 Å². The summed E-state index contributed by atoms with van der Waals surface area (Å²) in [5.41, 5.74) is -2.18. The molecule has 3 rings (SSSR count). The number of aliphatic hydroxyl groups is 5. The molecule has 0 unspecified atom stereocenters. The Kier molecular flexibility index (Phi) is 17.7. The Morgan fingerprint density at radius 2 is 1.48 bits per heavy atom. The number of hydrogen-bond acceptors (Lipinski definition) is 11. The van der Waals surface area contributed by atoms with Gasteiger partial charge in [0.05, 0.1) is 36.6 Å². The quantitative estimate of drug-likeness (QED) is 0.216. The Balaban J connectivity index is 1.99. The van der Waals surface area contributed by atoms with E-state index in [9.17, 15) is 39.9 Å². The molecule has 2 fully saturated rings. The number of Topliss-reactive ketones (excluding diaryl/α,β-unsaturated/α-hetero) is 2. The molecule has 320 valence electrons. The molecular weight excluding hydrogens is 716 g/mol. The maximum absolute atomic E-state index is 13.5. The number of carbonyl (C=O) groups excluding carboxylic acids is 3. The summed E-state index contributed by atoms with van der Waals surface area (Å²) >= 11 is 0. The lowest BCUT2D eigenvalue weighted by Crippen LogP contribution is -2.62. The van der Waals surface area contributed by atoms with Gasteiger partial charge in [0.15, 0.2) is 11.6 Å². The van der Waals surface area contributed by atoms with E-state index in [1.165, 1.54) is 39.8 Å². The highest BCUT2D eigenvalue weighted by Gasteiger charge is 2.56. The number of aliphatic hydroxyl groups excluding tert-OH is 4. The number of esters is 1. The van der Waals surface area contributed by atoms with Crippen LogP contribution in [0.2, 0.25) is 0 Å². The van der Waals surface area contributed by atoms with Crippen LogP contribution in [0.5, 0.6) is 0 Å². The average molecular weight is 791 g/mol. The number of rotatable bonds is 3. The van der Waals surface area contributed by atoms with Crippen molar-refractivity contribution in [1.29, 1.82) is 0 Å². The van der Waals surface area contributed by atoms with E-state index in [4.69, 9.17) is 14.2 Å². The summed E-state index contributed by atoms with van der Waals surface area (Å²) in [5.74, 6) is -7.28. The van der Waals surface area contributed by atoms with Gasteiger partial charge in [0.1, 0.15) is 17.5 Å². The van der Waals surface area contributed by atoms with Crippen LogP contribution in [0.25, 0.3) is 0 Å². The van der Waals surface area contributed by atoms with E-state index in [-0.39, 0.29) is 35.9 Å². The number of carbonyl (C=O) groups is 3. The molecule has 0 saturated carbocycles. The van der Waals surface area contributed by atoms with E-state index in [0.717, 1.165) is 19.3 Å². The highest BCUT2D eigenvalue weighted by atomic mass is 16.7. The van der Waals surface area contributed by atoms with Crippen LogP contribution in [-0.2, 0) is 28.6 Å². The monoisotopic (exact) mass is 791 g/mol. The highest BCUT2D eigenvalue weighted by Crippen LogP contribution is 2.49. The maximum atomic E-state index is 13.5. The standard InChI is InChI=1S/C45H74O11/c1-12-34-17-15-13-14-16-27(4)42(51)44(11,53)43(52)32(9)40(50)31(8)39(49)30(7)38(48)26(3)18-21-37(47)54-41-29(6)35(20-19-34)55-45(33(41)10)23-22-25(2)36(56-45)24-28(5)46/h13-15,17-18,21,25-36,38,40-42,46,48,50-51,53H,12,16,19-20,22-24H2,1-11H3/b14-13-,17-15+,21-18-/t25-,26-,27+,28+,29+,30-,31-,32-,33-,34-,35-,36-,38+,40+,41+,42-,44+,45-/m1/s1. The van der Waals surface area contributed by atoms with E-state index in [1.54, 1.807) is 20.8 Å². The molecule has 0 aromatic carbocycles. The van der Waals surface area contributed by atoms with Crippen molar-refractivity contribution >= 4 is 17.5 Å². The van der Waals surface area contributed by atoms with E-state index in [2.05, 4.69) is 19.9 Å². The molecule has 3 aliphatic rings. The summed E-state index contributed by atoms with van der Waals surface area (Å²) in [6, 6.07) is 0. The molecule has 18 atom stereocenters. The van der Waals surface area contributed by atoms with Gasteiger partial charge in [-0.15, -0.1) is 0 Å². The predicted molar refractivity (Wildman–Crippen MR) is 215 cm³/mol. The number of hydrogen-bond donors (Lipinski definition) is 5. The third-order valence-electron chi connectivity index (χ3n) is 13.4. The van der Waals surface area contributed by atoms with Gasteiger partial charge in [-0.25, -0.2) is 4.79 Å². The lowest BCUT2D eigenvalue weighted by Gasteiger charge is -2.55. The molecule has 0 radical (unpaired) electrons. The van der Waals surface area contributed by atoms with Crippen molar-refractivity contribution in [3.05, 3.63) is 36.5 Å². The first-order valence-electron chi connectivity index (χ1n) is 21.2. The van der Waals surface area contributed by atoms with Crippen molar-refractivity contribution < 1.29 is 54.1 Å². The first kappa shape index (κ1) is 48.1. The van der Waals surface area contributed by atoms with Gasteiger partial charge in [-0.3, -0.25) is 9.59 Å². The molecule has 11 nitrogen and oxygen atoms in total. The van der Waals surface area contributed by atoms with Crippen molar-refractivity contribution in [2.45, 2.75) is 175 Å². The Morgan fingerprint density at radius 1 is 0.839 bits per heavy atom. The summed E-state index contributed by atoms with van der Waals surface area (Å²) in [7, 11) is 0. The zero-order valence-electron chi connectivity index (χ0n) is 35.8. The Labute approximate surface area is 336 Å². The zero-order valence-corrected chi connectivity index (χ0v) is 35.8. The van der Waals surface area contributed by atoms with Gasteiger partial charge < -0.3 is 39.7 Å². The van der Waals surface area contributed by atoms with Crippen LogP contribution in [0.15, 0.2) is 36.5 Å². The second-order valence-electron chi connectivity index (χ2n) is 18.0. The second-order valence-corrected chi connectivity index (χ2v) is 18.0. The third kappa shape index (κ3) is 11.5. The smallest absolute Gasteiger partial charge is 0.330 e. The van der Waals surface area contributed by atoms with Gasteiger partial charge in [0.25, 0.3) is 0 Å². The van der Waals surface area contributed by atoms with E-state index in [1.807, 2.05) is 32.1 Å². The van der Waals surface area contributed by atoms with Crippen molar-refractivity contribution in [2.24, 2.45) is 53.3 Å². The molecule has 3 aliphatic heterocycles. The van der Waals surface area contributed by atoms with Gasteiger partial charge in [0, 0.05) is 48.0 Å². The minimum Gasteiger partial charge on any atom is -0.458 e. The molecule has 5 N–H and O–H groups in total. The Hall–Kier alpha value is -2.25. The summed E-state index contributed by atoms with van der Waals surface area (Å²) < 4.78 is 20.0. The average Bonchev–Trinajstić information content (AvgIpc) is 3.16. The fourth-order valence-corrected chi connectivity index (χ4v) is 9.01.